The van der Waals surface area contributed by atoms with Crippen LogP contribution in [0, 0.1) is 5.82 Å². The second-order valence-corrected chi connectivity index (χ2v) is 5.97. The van der Waals surface area contributed by atoms with Crippen LogP contribution in [0.4, 0.5) is 4.39 Å². The first-order valence-electron chi connectivity index (χ1n) is 8.59. The number of halogens is 1. The molecule has 0 saturated heterocycles. The summed E-state index contributed by atoms with van der Waals surface area (Å²) in [6.07, 6.45) is 2.13. The molecule has 2 amide bonds. The number of carbonyl (C=O) groups excluding carboxylic acids is 2. The van der Waals surface area contributed by atoms with E-state index in [2.05, 4.69) is 15.8 Å². The molecule has 0 aromatic heterocycles. The lowest BCUT2D eigenvalue weighted by Gasteiger charge is -2.09. The van der Waals surface area contributed by atoms with Crippen molar-refractivity contribution in [2.75, 3.05) is 0 Å². The summed E-state index contributed by atoms with van der Waals surface area (Å²) >= 11 is 0. The van der Waals surface area contributed by atoms with Crippen LogP contribution in [-0.4, -0.2) is 24.1 Å². The minimum atomic E-state index is -0.829. The SMILES string of the molecule is CC[C@@H](C)NC(=O)C(=O)N/N=C\c1cccc(OCc2cccc(F)c2)c1. The van der Waals surface area contributed by atoms with Crippen LogP contribution < -0.4 is 15.5 Å². The lowest BCUT2D eigenvalue weighted by Crippen LogP contribution is -2.41. The normalized spacial score (nSPS) is 11.8. The molecule has 0 unspecified atom stereocenters. The number of nitrogens with one attached hydrogen (secondary N) is 2. The number of nitrogens with zero attached hydrogens (tertiary/aromatic N) is 1. The van der Waals surface area contributed by atoms with Crippen molar-refractivity contribution in [3.8, 4) is 5.75 Å². The molecule has 0 heterocycles. The first kappa shape index (κ1) is 20.1. The molecule has 0 radical (unpaired) electrons. The Bertz CT molecular complexity index is 824. The van der Waals surface area contributed by atoms with E-state index in [0.717, 1.165) is 6.42 Å². The molecule has 6 nitrogen and oxygen atoms in total. The van der Waals surface area contributed by atoms with Crippen molar-refractivity contribution in [2.24, 2.45) is 5.10 Å². The van der Waals surface area contributed by atoms with Crippen molar-refractivity contribution in [3.63, 3.8) is 0 Å². The van der Waals surface area contributed by atoms with E-state index in [1.807, 2.05) is 13.8 Å². The molecule has 0 aliphatic carbocycles. The molecule has 0 aliphatic rings. The summed E-state index contributed by atoms with van der Waals surface area (Å²) in [6, 6.07) is 13.1. The van der Waals surface area contributed by atoms with Crippen LogP contribution >= 0.6 is 0 Å². The minimum absolute atomic E-state index is 0.0841. The topological polar surface area (TPSA) is 79.8 Å². The first-order valence-corrected chi connectivity index (χ1v) is 8.59. The van der Waals surface area contributed by atoms with Gasteiger partial charge >= 0.3 is 11.8 Å². The molecule has 2 rings (SSSR count). The fourth-order valence-corrected chi connectivity index (χ4v) is 2.09. The fourth-order valence-electron chi connectivity index (χ4n) is 2.09. The predicted octanol–water partition coefficient (Wildman–Crippen LogP) is 2.77. The largest absolute Gasteiger partial charge is 0.489 e. The maximum absolute atomic E-state index is 13.2. The van der Waals surface area contributed by atoms with Gasteiger partial charge in [0.25, 0.3) is 0 Å². The van der Waals surface area contributed by atoms with Gasteiger partial charge in [0.05, 0.1) is 6.21 Å². The number of amides is 2. The van der Waals surface area contributed by atoms with Crippen molar-refractivity contribution < 1.29 is 18.7 Å². The van der Waals surface area contributed by atoms with Crippen molar-refractivity contribution in [1.82, 2.24) is 10.7 Å². The monoisotopic (exact) mass is 371 g/mol. The van der Waals surface area contributed by atoms with Gasteiger partial charge in [-0.25, -0.2) is 9.82 Å². The average Bonchev–Trinajstić information content (AvgIpc) is 2.66. The summed E-state index contributed by atoms with van der Waals surface area (Å²) in [4.78, 5) is 23.3. The van der Waals surface area contributed by atoms with Crippen LogP contribution in [0.2, 0.25) is 0 Å². The molecule has 1 atom stereocenters. The summed E-state index contributed by atoms with van der Waals surface area (Å²) in [5.41, 5.74) is 3.57. The zero-order valence-corrected chi connectivity index (χ0v) is 15.2. The van der Waals surface area contributed by atoms with E-state index in [1.165, 1.54) is 18.3 Å². The molecule has 0 bridgehead atoms. The molecule has 0 fully saturated rings. The van der Waals surface area contributed by atoms with Gasteiger partial charge in [0.1, 0.15) is 18.2 Å². The molecule has 142 valence electrons. The van der Waals surface area contributed by atoms with E-state index in [1.54, 1.807) is 36.4 Å². The highest BCUT2D eigenvalue weighted by Crippen LogP contribution is 2.14. The molecular formula is C20H22FN3O3. The van der Waals surface area contributed by atoms with Crippen molar-refractivity contribution in [2.45, 2.75) is 32.9 Å². The Hall–Kier alpha value is -3.22. The lowest BCUT2D eigenvalue weighted by atomic mass is 10.2. The molecule has 0 saturated carbocycles. The zero-order valence-electron chi connectivity index (χ0n) is 15.2. The number of ether oxygens (including phenoxy) is 1. The predicted molar refractivity (Wildman–Crippen MR) is 101 cm³/mol. The fraction of sp³-hybridized carbons (Fsp3) is 0.250. The number of hydrogen-bond acceptors (Lipinski definition) is 4. The second-order valence-electron chi connectivity index (χ2n) is 5.97. The Morgan fingerprint density at radius 3 is 2.70 bits per heavy atom. The van der Waals surface area contributed by atoms with Crippen LogP contribution in [0.3, 0.4) is 0 Å². The minimum Gasteiger partial charge on any atom is -0.489 e. The third-order valence-electron chi connectivity index (χ3n) is 3.73. The van der Waals surface area contributed by atoms with E-state index in [9.17, 15) is 14.0 Å². The third kappa shape index (κ3) is 6.89. The highest BCUT2D eigenvalue weighted by molar-refractivity contribution is 6.35. The summed E-state index contributed by atoms with van der Waals surface area (Å²) < 4.78 is 18.8. The van der Waals surface area contributed by atoms with Gasteiger partial charge in [-0.1, -0.05) is 31.2 Å². The molecule has 0 aliphatic heterocycles. The maximum Gasteiger partial charge on any atom is 0.329 e. The Balaban J connectivity index is 1.88. The van der Waals surface area contributed by atoms with Gasteiger partial charge in [0, 0.05) is 6.04 Å². The Kier molecular flexibility index (Phi) is 7.49. The van der Waals surface area contributed by atoms with Crippen LogP contribution in [0.5, 0.6) is 5.75 Å². The van der Waals surface area contributed by atoms with E-state index >= 15 is 0 Å². The standard InChI is InChI=1S/C20H22FN3O3/c1-3-14(2)23-19(25)20(26)24-22-12-15-6-5-9-18(11-15)27-13-16-7-4-8-17(21)10-16/h4-12,14H,3,13H2,1-2H3,(H,23,25)(H,24,26)/b22-12-/t14-/m1/s1. The van der Waals surface area contributed by atoms with Gasteiger partial charge in [-0.15, -0.1) is 0 Å². The number of carbonyl (C=O) groups is 2. The van der Waals surface area contributed by atoms with Crippen LogP contribution in [0.1, 0.15) is 31.4 Å². The van der Waals surface area contributed by atoms with E-state index in [0.29, 0.717) is 16.9 Å². The van der Waals surface area contributed by atoms with E-state index in [-0.39, 0.29) is 18.5 Å². The Morgan fingerprint density at radius 2 is 1.96 bits per heavy atom. The van der Waals surface area contributed by atoms with E-state index < -0.39 is 11.8 Å². The van der Waals surface area contributed by atoms with Gasteiger partial charge in [-0.2, -0.15) is 5.10 Å². The van der Waals surface area contributed by atoms with Crippen molar-refractivity contribution >= 4 is 18.0 Å². The maximum atomic E-state index is 13.2. The summed E-state index contributed by atoms with van der Waals surface area (Å²) in [6.45, 7) is 3.94. The molecular weight excluding hydrogens is 349 g/mol. The number of rotatable bonds is 7. The summed E-state index contributed by atoms with van der Waals surface area (Å²) in [5, 5.41) is 6.33. The average molecular weight is 371 g/mol. The van der Waals surface area contributed by atoms with Gasteiger partial charge in [0.2, 0.25) is 0 Å². The zero-order chi connectivity index (χ0) is 19.6. The van der Waals surface area contributed by atoms with Gasteiger partial charge in [-0.05, 0) is 48.7 Å². The van der Waals surface area contributed by atoms with Crippen molar-refractivity contribution in [1.29, 1.82) is 0 Å². The molecule has 2 N–H and O–H groups in total. The molecule has 2 aromatic rings. The highest BCUT2D eigenvalue weighted by Gasteiger charge is 2.14. The van der Waals surface area contributed by atoms with Gasteiger partial charge < -0.3 is 10.1 Å². The highest BCUT2D eigenvalue weighted by atomic mass is 19.1. The summed E-state index contributed by atoms with van der Waals surface area (Å²) in [7, 11) is 0. The molecule has 7 heteroatoms. The lowest BCUT2D eigenvalue weighted by molar-refractivity contribution is -0.139. The van der Waals surface area contributed by atoms with Crippen LogP contribution in [0.25, 0.3) is 0 Å². The van der Waals surface area contributed by atoms with Crippen LogP contribution in [0.15, 0.2) is 53.6 Å². The molecule has 27 heavy (non-hydrogen) atoms. The first-order chi connectivity index (χ1) is 13.0. The van der Waals surface area contributed by atoms with Crippen LogP contribution in [-0.2, 0) is 16.2 Å². The third-order valence-corrected chi connectivity index (χ3v) is 3.73. The number of hydrazone groups is 1. The summed E-state index contributed by atoms with van der Waals surface area (Å²) in [5.74, 6) is -1.30. The number of benzene rings is 2. The Labute approximate surface area is 157 Å². The van der Waals surface area contributed by atoms with Gasteiger partial charge in [0.15, 0.2) is 0 Å². The molecule has 0 spiro atoms. The van der Waals surface area contributed by atoms with Crippen molar-refractivity contribution in [3.05, 3.63) is 65.5 Å². The second kappa shape index (κ2) is 10.1. The quantitative estimate of drug-likeness (QED) is 0.446. The Morgan fingerprint density at radius 1 is 1.19 bits per heavy atom. The van der Waals surface area contributed by atoms with E-state index in [4.69, 9.17) is 4.74 Å². The number of hydrogen-bond donors (Lipinski definition) is 2. The smallest absolute Gasteiger partial charge is 0.329 e. The molecule has 2 aromatic carbocycles. The van der Waals surface area contributed by atoms with Gasteiger partial charge in [-0.3, -0.25) is 9.59 Å².